The van der Waals surface area contributed by atoms with E-state index >= 15 is 0 Å². The first-order valence-electron chi connectivity index (χ1n) is 12.7. The minimum atomic E-state index is -0.742. The largest absolute Gasteiger partial charge is 0.497 e. The molecule has 0 aliphatic carbocycles. The van der Waals surface area contributed by atoms with Crippen molar-refractivity contribution in [1.82, 2.24) is 15.2 Å². The normalized spacial score (nSPS) is 11.9. The highest BCUT2D eigenvalue weighted by atomic mass is 16.5. The first-order chi connectivity index (χ1) is 18.4. The lowest BCUT2D eigenvalue weighted by molar-refractivity contribution is 0.0732. The molecule has 1 heterocycles. The van der Waals surface area contributed by atoms with Gasteiger partial charge in [0.1, 0.15) is 11.4 Å². The van der Waals surface area contributed by atoms with Crippen molar-refractivity contribution in [3.8, 4) is 22.6 Å². The Morgan fingerprint density at radius 3 is 2.34 bits per heavy atom. The average molecular weight is 516 g/mol. The lowest BCUT2D eigenvalue weighted by Crippen LogP contribution is -2.40. The van der Waals surface area contributed by atoms with Gasteiger partial charge in [0.2, 0.25) is 0 Å². The fourth-order valence-electron chi connectivity index (χ4n) is 4.36. The molecule has 0 saturated heterocycles. The molecule has 0 radical (unpaired) electrons. The van der Waals surface area contributed by atoms with Crippen LogP contribution in [0.1, 0.15) is 34.7 Å². The molecule has 0 aliphatic rings. The Morgan fingerprint density at radius 2 is 1.68 bits per heavy atom. The van der Waals surface area contributed by atoms with Crippen molar-refractivity contribution in [3.05, 3.63) is 84.1 Å². The van der Waals surface area contributed by atoms with Crippen molar-refractivity contribution in [1.29, 1.82) is 0 Å². The number of carbonyl (C=O) groups is 2. The molecule has 0 bridgehead atoms. The minimum absolute atomic E-state index is 0.0576. The van der Waals surface area contributed by atoms with Gasteiger partial charge >= 0.3 is 5.97 Å². The zero-order valence-corrected chi connectivity index (χ0v) is 21.9. The Morgan fingerprint density at radius 1 is 0.974 bits per heavy atom. The van der Waals surface area contributed by atoms with Crippen LogP contribution >= 0.6 is 0 Å². The molecule has 1 atom stereocenters. The van der Waals surface area contributed by atoms with Crippen LogP contribution in [0.3, 0.4) is 0 Å². The van der Waals surface area contributed by atoms with Crippen LogP contribution in [0.15, 0.2) is 72.8 Å². The minimum Gasteiger partial charge on any atom is -0.497 e. The summed E-state index contributed by atoms with van der Waals surface area (Å²) >= 11 is 0. The van der Waals surface area contributed by atoms with Crippen LogP contribution in [0.25, 0.3) is 22.0 Å². The number of carbonyl (C=O) groups excluding carboxylic acids is 2. The number of rotatable bonds is 11. The molecule has 0 saturated carbocycles. The number of aromatic nitrogens is 1. The number of esters is 1. The molecule has 0 fully saturated rings. The fraction of sp³-hybridized carbons (Fsp3) is 0.267. The monoisotopic (exact) mass is 515 g/mol. The smallest absolute Gasteiger partial charge is 0.343 e. The molecule has 0 aliphatic heterocycles. The number of aliphatic hydroxyl groups excluding tert-OH is 1. The highest BCUT2D eigenvalue weighted by Gasteiger charge is 2.25. The van der Waals surface area contributed by atoms with Crippen LogP contribution in [-0.4, -0.2) is 66.3 Å². The number of H-pyrrole nitrogens is 1. The quantitative estimate of drug-likeness (QED) is 0.254. The van der Waals surface area contributed by atoms with E-state index in [1.54, 1.807) is 31.4 Å². The number of nitrogens with zero attached hydrogens (tertiary/aromatic N) is 1. The van der Waals surface area contributed by atoms with E-state index in [4.69, 9.17) is 9.47 Å². The molecule has 1 aromatic heterocycles. The van der Waals surface area contributed by atoms with Gasteiger partial charge in [-0.25, -0.2) is 4.79 Å². The molecule has 38 heavy (non-hydrogen) atoms. The molecule has 1 unspecified atom stereocenters. The summed E-state index contributed by atoms with van der Waals surface area (Å²) in [7, 11) is 1.60. The highest BCUT2D eigenvalue weighted by Crippen LogP contribution is 2.39. The number of benzene rings is 3. The summed E-state index contributed by atoms with van der Waals surface area (Å²) < 4.78 is 11.2. The van der Waals surface area contributed by atoms with E-state index in [0.717, 1.165) is 24.2 Å². The average Bonchev–Trinajstić information content (AvgIpc) is 3.33. The molecule has 8 nitrogen and oxygen atoms in total. The van der Waals surface area contributed by atoms with Gasteiger partial charge in [-0.2, -0.15) is 0 Å². The fourth-order valence-corrected chi connectivity index (χ4v) is 4.36. The Hall–Kier alpha value is -4.14. The first kappa shape index (κ1) is 26.9. The summed E-state index contributed by atoms with van der Waals surface area (Å²) in [5.74, 6) is -0.201. The van der Waals surface area contributed by atoms with Gasteiger partial charge in [0.05, 0.1) is 29.7 Å². The van der Waals surface area contributed by atoms with E-state index < -0.39 is 18.0 Å². The van der Waals surface area contributed by atoms with Gasteiger partial charge in [-0.1, -0.05) is 56.3 Å². The first-order valence-corrected chi connectivity index (χ1v) is 12.7. The Labute approximate surface area is 222 Å². The zero-order chi connectivity index (χ0) is 27.1. The summed E-state index contributed by atoms with van der Waals surface area (Å²) in [6.07, 6.45) is -0.742. The number of methoxy groups -OCH3 is 1. The molecule has 0 spiro atoms. The number of aliphatic hydroxyl groups is 1. The molecular weight excluding hydrogens is 482 g/mol. The summed E-state index contributed by atoms with van der Waals surface area (Å²) in [5.41, 5.74) is 2.78. The predicted molar refractivity (Wildman–Crippen MR) is 148 cm³/mol. The maximum atomic E-state index is 13.3. The second kappa shape index (κ2) is 12.4. The van der Waals surface area contributed by atoms with Crippen LogP contribution in [-0.2, 0) is 0 Å². The number of amides is 1. The van der Waals surface area contributed by atoms with Crippen LogP contribution in [0.2, 0.25) is 0 Å². The van der Waals surface area contributed by atoms with E-state index in [1.165, 1.54) is 0 Å². The number of fused-ring (bicyclic) bond motifs is 1. The van der Waals surface area contributed by atoms with Crippen LogP contribution in [0.4, 0.5) is 0 Å². The molecule has 8 heteroatoms. The number of hydrogen-bond acceptors (Lipinski definition) is 6. The van der Waals surface area contributed by atoms with Gasteiger partial charge in [0, 0.05) is 13.1 Å². The third kappa shape index (κ3) is 6.04. The second-order valence-corrected chi connectivity index (χ2v) is 8.89. The van der Waals surface area contributed by atoms with Crippen molar-refractivity contribution in [2.24, 2.45) is 0 Å². The van der Waals surface area contributed by atoms with Crippen molar-refractivity contribution in [2.75, 3.05) is 33.3 Å². The number of nitrogens with one attached hydrogen (secondary N) is 2. The topological polar surface area (TPSA) is 104 Å². The second-order valence-electron chi connectivity index (χ2n) is 8.89. The van der Waals surface area contributed by atoms with Gasteiger partial charge < -0.3 is 29.8 Å². The molecule has 1 amide bonds. The van der Waals surface area contributed by atoms with Gasteiger partial charge in [0.15, 0.2) is 5.75 Å². The summed E-state index contributed by atoms with van der Waals surface area (Å²) in [5, 5.41) is 13.8. The number of aromatic amines is 1. The molecule has 4 aromatic rings. The van der Waals surface area contributed by atoms with Gasteiger partial charge in [-0.15, -0.1) is 0 Å². The number of ether oxygens (including phenoxy) is 2. The van der Waals surface area contributed by atoms with E-state index in [-0.39, 0.29) is 18.0 Å². The van der Waals surface area contributed by atoms with Crippen LogP contribution < -0.4 is 14.8 Å². The maximum absolute atomic E-state index is 13.3. The molecule has 198 valence electrons. The predicted octanol–water partition coefficient (Wildman–Crippen LogP) is 4.50. The molecule has 3 aromatic carbocycles. The summed E-state index contributed by atoms with van der Waals surface area (Å²) in [6.45, 7) is 6.15. The number of hydrogen-bond donors (Lipinski definition) is 3. The van der Waals surface area contributed by atoms with Crippen LogP contribution in [0.5, 0.6) is 11.5 Å². The Balaban J connectivity index is 1.72. The SMILES string of the molecule is CCN(CC)CC(O)CNC(=O)c1[nH]c2cccc(-c3ccc(OC)cc3)c2c1OC(=O)c1ccccc1. The Bertz CT molecular complexity index is 1380. The Kier molecular flexibility index (Phi) is 8.78. The van der Waals surface area contributed by atoms with Crippen molar-refractivity contribution in [3.63, 3.8) is 0 Å². The number of likely N-dealkylation sites (N-methyl/N-ethyl adjacent to an activating group) is 1. The van der Waals surface area contributed by atoms with E-state index in [9.17, 15) is 14.7 Å². The standard InChI is InChI=1S/C30H33N3O5/c1-4-33(5-2)19-22(34)18-31-29(35)27-28(38-30(36)21-10-7-6-8-11-21)26-24(12-9-13-25(26)32-27)20-14-16-23(37-3)17-15-20/h6-17,22,32,34H,4-5,18-19H2,1-3H3,(H,31,35). The lowest BCUT2D eigenvalue weighted by Gasteiger charge is -2.22. The third-order valence-corrected chi connectivity index (χ3v) is 6.47. The van der Waals surface area contributed by atoms with Gasteiger partial charge in [-0.05, 0) is 54.5 Å². The van der Waals surface area contributed by atoms with E-state index in [0.29, 0.717) is 28.8 Å². The van der Waals surface area contributed by atoms with E-state index in [2.05, 4.69) is 15.2 Å². The van der Waals surface area contributed by atoms with Crippen LogP contribution in [0, 0.1) is 0 Å². The van der Waals surface area contributed by atoms with Gasteiger partial charge in [-0.3, -0.25) is 4.79 Å². The molecule has 4 rings (SSSR count). The molecular formula is C30H33N3O5. The molecule has 3 N–H and O–H groups in total. The lowest BCUT2D eigenvalue weighted by atomic mass is 10.0. The highest BCUT2D eigenvalue weighted by molar-refractivity contribution is 6.10. The van der Waals surface area contributed by atoms with Crippen molar-refractivity contribution < 1.29 is 24.2 Å². The van der Waals surface area contributed by atoms with Crippen molar-refractivity contribution >= 4 is 22.8 Å². The van der Waals surface area contributed by atoms with E-state index in [1.807, 2.05) is 62.4 Å². The maximum Gasteiger partial charge on any atom is 0.343 e. The summed E-state index contributed by atoms with van der Waals surface area (Å²) in [6, 6.07) is 21.8. The third-order valence-electron chi connectivity index (χ3n) is 6.47. The summed E-state index contributed by atoms with van der Waals surface area (Å²) in [4.78, 5) is 31.6. The zero-order valence-electron chi connectivity index (χ0n) is 21.9. The van der Waals surface area contributed by atoms with Gasteiger partial charge in [0.25, 0.3) is 5.91 Å². The van der Waals surface area contributed by atoms with Crippen molar-refractivity contribution in [2.45, 2.75) is 20.0 Å².